The van der Waals surface area contributed by atoms with Crippen LogP contribution in [0.5, 0.6) is 0 Å². The summed E-state index contributed by atoms with van der Waals surface area (Å²) < 4.78 is 14.3. The van der Waals surface area contributed by atoms with E-state index in [2.05, 4.69) is 10.3 Å². The van der Waals surface area contributed by atoms with E-state index >= 15 is 0 Å². The molecule has 0 saturated carbocycles. The fraction of sp³-hybridized carbons (Fsp3) is 0.158. The molecule has 0 spiro atoms. The number of para-hydroxylation sites is 1. The van der Waals surface area contributed by atoms with Crippen molar-refractivity contribution in [3.05, 3.63) is 81.4 Å². The summed E-state index contributed by atoms with van der Waals surface area (Å²) in [6.45, 7) is 1.69. The average molecular weight is 324 g/mol. The number of hydrogen-bond acceptors (Lipinski definition) is 2. The molecule has 0 bridgehead atoms. The number of benzene rings is 2. The summed E-state index contributed by atoms with van der Waals surface area (Å²) >= 11 is 0. The first-order valence-electron chi connectivity index (χ1n) is 7.65. The van der Waals surface area contributed by atoms with Crippen LogP contribution in [0.3, 0.4) is 0 Å². The van der Waals surface area contributed by atoms with Crippen LogP contribution in [0.2, 0.25) is 0 Å². The molecule has 0 atom stereocenters. The van der Waals surface area contributed by atoms with Crippen LogP contribution in [-0.4, -0.2) is 10.9 Å². The van der Waals surface area contributed by atoms with Gasteiger partial charge in [-0.2, -0.15) is 0 Å². The van der Waals surface area contributed by atoms with Gasteiger partial charge >= 0.3 is 0 Å². The highest BCUT2D eigenvalue weighted by Gasteiger charge is 2.09. The minimum absolute atomic E-state index is 0.165. The molecule has 0 aliphatic heterocycles. The summed E-state index contributed by atoms with van der Waals surface area (Å²) in [5, 5.41) is 3.54. The Balaban J connectivity index is 1.87. The SMILES string of the molecule is CC(=O)NCc1ccc(Cc2cc3ccccc3[nH]c2=O)c(F)c1. The van der Waals surface area contributed by atoms with Crippen LogP contribution in [-0.2, 0) is 17.8 Å². The van der Waals surface area contributed by atoms with E-state index in [0.717, 1.165) is 10.9 Å². The molecule has 4 nitrogen and oxygen atoms in total. The molecule has 24 heavy (non-hydrogen) atoms. The largest absolute Gasteiger partial charge is 0.352 e. The Morgan fingerprint density at radius 3 is 2.67 bits per heavy atom. The topological polar surface area (TPSA) is 62.0 Å². The average Bonchev–Trinajstić information content (AvgIpc) is 2.55. The van der Waals surface area contributed by atoms with Crippen LogP contribution < -0.4 is 10.9 Å². The monoisotopic (exact) mass is 324 g/mol. The Bertz CT molecular complexity index is 963. The molecule has 0 radical (unpaired) electrons. The van der Waals surface area contributed by atoms with E-state index in [9.17, 15) is 14.0 Å². The van der Waals surface area contributed by atoms with Crippen LogP contribution in [0.1, 0.15) is 23.6 Å². The minimum Gasteiger partial charge on any atom is -0.352 e. The Hall–Kier alpha value is -2.95. The summed E-state index contributed by atoms with van der Waals surface area (Å²) in [5.41, 5.74) is 2.19. The minimum atomic E-state index is -0.384. The Morgan fingerprint density at radius 1 is 1.12 bits per heavy atom. The van der Waals surface area contributed by atoms with Crippen molar-refractivity contribution in [2.24, 2.45) is 0 Å². The number of carbonyl (C=O) groups excluding carboxylic acids is 1. The third-order valence-corrected chi connectivity index (χ3v) is 3.87. The standard InChI is InChI=1S/C19H17FN2O2/c1-12(23)21-11-13-6-7-14(17(20)8-13)9-16-10-15-4-2-3-5-18(15)22-19(16)24/h2-8,10H,9,11H2,1H3,(H,21,23)(H,22,24). The third kappa shape index (κ3) is 3.51. The van der Waals surface area contributed by atoms with E-state index in [1.54, 1.807) is 18.2 Å². The zero-order valence-corrected chi connectivity index (χ0v) is 13.2. The highest BCUT2D eigenvalue weighted by molar-refractivity contribution is 5.78. The second kappa shape index (κ2) is 6.66. The summed E-state index contributed by atoms with van der Waals surface area (Å²) in [4.78, 5) is 25.9. The molecule has 1 amide bonds. The second-order valence-electron chi connectivity index (χ2n) is 5.72. The first kappa shape index (κ1) is 15.9. The van der Waals surface area contributed by atoms with Crippen molar-refractivity contribution in [1.29, 1.82) is 0 Å². The Kier molecular flexibility index (Phi) is 4.42. The normalized spacial score (nSPS) is 10.8. The van der Waals surface area contributed by atoms with E-state index in [-0.39, 0.29) is 30.2 Å². The lowest BCUT2D eigenvalue weighted by molar-refractivity contribution is -0.119. The summed E-state index contributed by atoms with van der Waals surface area (Å²) in [7, 11) is 0. The summed E-state index contributed by atoms with van der Waals surface area (Å²) in [6, 6.07) is 14.1. The summed E-state index contributed by atoms with van der Waals surface area (Å²) in [6.07, 6.45) is 0.215. The van der Waals surface area contributed by atoms with E-state index in [1.807, 2.05) is 24.3 Å². The van der Waals surface area contributed by atoms with Gasteiger partial charge in [-0.3, -0.25) is 9.59 Å². The number of amides is 1. The van der Waals surface area contributed by atoms with Gasteiger partial charge in [-0.1, -0.05) is 30.3 Å². The number of hydrogen-bond donors (Lipinski definition) is 2. The van der Waals surface area contributed by atoms with Gasteiger partial charge < -0.3 is 10.3 Å². The third-order valence-electron chi connectivity index (χ3n) is 3.87. The lowest BCUT2D eigenvalue weighted by Gasteiger charge is -2.08. The van der Waals surface area contributed by atoms with Crippen LogP contribution in [0.25, 0.3) is 10.9 Å². The molecular formula is C19H17FN2O2. The predicted octanol–water partition coefficient (Wildman–Crippen LogP) is 2.89. The van der Waals surface area contributed by atoms with E-state index in [1.165, 1.54) is 13.0 Å². The molecule has 0 fully saturated rings. The molecule has 5 heteroatoms. The number of H-pyrrole nitrogens is 1. The van der Waals surface area contributed by atoms with E-state index in [0.29, 0.717) is 16.7 Å². The maximum Gasteiger partial charge on any atom is 0.251 e. The van der Waals surface area contributed by atoms with E-state index < -0.39 is 0 Å². The zero-order chi connectivity index (χ0) is 17.1. The van der Waals surface area contributed by atoms with Crippen LogP contribution in [0.15, 0.2) is 53.3 Å². The Morgan fingerprint density at radius 2 is 1.92 bits per heavy atom. The maximum absolute atomic E-state index is 14.3. The maximum atomic E-state index is 14.3. The smallest absolute Gasteiger partial charge is 0.251 e. The number of aromatic amines is 1. The van der Waals surface area contributed by atoms with Gasteiger partial charge in [0.2, 0.25) is 5.91 Å². The predicted molar refractivity (Wildman–Crippen MR) is 91.3 cm³/mol. The van der Waals surface area contributed by atoms with Gasteiger partial charge in [-0.25, -0.2) is 4.39 Å². The molecule has 0 aliphatic rings. The molecule has 3 aromatic rings. The molecule has 2 N–H and O–H groups in total. The number of halogens is 1. The van der Waals surface area contributed by atoms with Gasteiger partial charge in [0, 0.05) is 31.0 Å². The first-order valence-corrected chi connectivity index (χ1v) is 7.65. The number of pyridine rings is 1. The fourth-order valence-corrected chi connectivity index (χ4v) is 2.60. The van der Waals surface area contributed by atoms with Crippen LogP contribution >= 0.6 is 0 Å². The number of aromatic nitrogens is 1. The number of fused-ring (bicyclic) bond motifs is 1. The molecule has 1 aromatic heterocycles. The van der Waals surface area contributed by atoms with Crippen molar-refractivity contribution in [3.63, 3.8) is 0 Å². The molecule has 0 saturated heterocycles. The zero-order valence-electron chi connectivity index (χ0n) is 13.2. The van der Waals surface area contributed by atoms with Crippen molar-refractivity contribution >= 4 is 16.8 Å². The molecule has 1 heterocycles. The van der Waals surface area contributed by atoms with Gasteiger partial charge in [0.25, 0.3) is 5.56 Å². The molecule has 2 aromatic carbocycles. The Labute approximate surface area is 138 Å². The molecule has 0 aliphatic carbocycles. The number of carbonyl (C=O) groups is 1. The summed E-state index contributed by atoms with van der Waals surface area (Å²) in [5.74, 6) is -0.549. The van der Waals surface area contributed by atoms with Crippen molar-refractivity contribution in [2.45, 2.75) is 19.9 Å². The van der Waals surface area contributed by atoms with Crippen molar-refractivity contribution in [2.75, 3.05) is 0 Å². The van der Waals surface area contributed by atoms with Crippen LogP contribution in [0, 0.1) is 5.82 Å². The highest BCUT2D eigenvalue weighted by atomic mass is 19.1. The van der Waals surface area contributed by atoms with Gasteiger partial charge in [0.15, 0.2) is 0 Å². The second-order valence-corrected chi connectivity index (χ2v) is 5.72. The lowest BCUT2D eigenvalue weighted by atomic mass is 10.0. The number of nitrogens with one attached hydrogen (secondary N) is 2. The van der Waals surface area contributed by atoms with Crippen molar-refractivity contribution in [1.82, 2.24) is 10.3 Å². The van der Waals surface area contributed by atoms with Gasteiger partial charge in [-0.15, -0.1) is 0 Å². The van der Waals surface area contributed by atoms with E-state index in [4.69, 9.17) is 0 Å². The van der Waals surface area contributed by atoms with Crippen molar-refractivity contribution < 1.29 is 9.18 Å². The van der Waals surface area contributed by atoms with Crippen LogP contribution in [0.4, 0.5) is 4.39 Å². The quantitative estimate of drug-likeness (QED) is 0.775. The number of rotatable bonds is 4. The molecule has 0 unspecified atom stereocenters. The molecular weight excluding hydrogens is 307 g/mol. The molecule has 3 rings (SSSR count). The first-order chi connectivity index (χ1) is 11.5. The highest BCUT2D eigenvalue weighted by Crippen LogP contribution is 2.16. The van der Waals surface area contributed by atoms with Gasteiger partial charge in [0.05, 0.1) is 0 Å². The van der Waals surface area contributed by atoms with Gasteiger partial charge in [0.1, 0.15) is 5.82 Å². The molecule has 122 valence electrons. The fourth-order valence-electron chi connectivity index (χ4n) is 2.60. The van der Waals surface area contributed by atoms with Crippen molar-refractivity contribution in [3.8, 4) is 0 Å². The lowest BCUT2D eigenvalue weighted by Crippen LogP contribution is -2.19. The van der Waals surface area contributed by atoms with Gasteiger partial charge in [-0.05, 0) is 34.7 Å².